The Hall–Kier alpha value is -3.06. The van der Waals surface area contributed by atoms with E-state index in [-0.39, 0.29) is 6.54 Å². The maximum absolute atomic E-state index is 13.1. The van der Waals surface area contributed by atoms with Gasteiger partial charge in [0.2, 0.25) is 5.91 Å². The highest BCUT2D eigenvalue weighted by molar-refractivity contribution is 6.31. The van der Waals surface area contributed by atoms with Gasteiger partial charge in [0.05, 0.1) is 12.8 Å². The molecule has 2 N–H and O–H groups in total. The first kappa shape index (κ1) is 19.3. The highest BCUT2D eigenvalue weighted by atomic mass is 35.5. The molecule has 1 saturated heterocycles. The molecule has 4 rings (SSSR count). The number of aryl methyl sites for hydroxylation is 2. The largest absolute Gasteiger partial charge is 0.495 e. The summed E-state index contributed by atoms with van der Waals surface area (Å²) in [6.07, 6.45) is 1.18. The van der Waals surface area contributed by atoms with Crippen LogP contribution in [0, 0.1) is 6.92 Å². The Morgan fingerprint density at radius 1 is 1.31 bits per heavy atom. The summed E-state index contributed by atoms with van der Waals surface area (Å²) in [6, 6.07) is 10.3. The lowest BCUT2D eigenvalue weighted by Crippen LogP contribution is -2.43. The van der Waals surface area contributed by atoms with Gasteiger partial charge in [-0.25, -0.2) is 4.79 Å². The number of fused-ring (bicyclic) bond motifs is 2. The van der Waals surface area contributed by atoms with Crippen molar-refractivity contribution in [1.29, 1.82) is 0 Å². The smallest absolute Gasteiger partial charge is 0.325 e. The summed E-state index contributed by atoms with van der Waals surface area (Å²) in [5, 5.41) is 6.02. The molecule has 1 unspecified atom stereocenters. The number of halogens is 1. The summed E-state index contributed by atoms with van der Waals surface area (Å²) in [6.45, 7) is 1.41. The van der Waals surface area contributed by atoms with Gasteiger partial charge >= 0.3 is 6.03 Å². The number of nitrogens with one attached hydrogen (secondary N) is 2. The van der Waals surface area contributed by atoms with Crippen molar-refractivity contribution in [3.8, 4) is 5.75 Å². The molecule has 29 heavy (non-hydrogen) atoms. The first-order valence-corrected chi connectivity index (χ1v) is 9.60. The Kier molecular flexibility index (Phi) is 4.70. The van der Waals surface area contributed by atoms with Crippen LogP contribution in [0.2, 0.25) is 5.02 Å². The number of carbonyl (C=O) groups is 3. The second-order valence-corrected chi connectivity index (χ2v) is 7.64. The molecular weight excluding hydrogens is 394 g/mol. The van der Waals surface area contributed by atoms with Crippen LogP contribution in [0.25, 0.3) is 0 Å². The molecular formula is C21H20ClN3O4. The number of carbonyl (C=O) groups excluding carboxylic acids is 3. The van der Waals surface area contributed by atoms with Gasteiger partial charge < -0.3 is 15.4 Å². The van der Waals surface area contributed by atoms with Gasteiger partial charge in [0.1, 0.15) is 17.8 Å². The number of methoxy groups -OCH3 is 1. The van der Waals surface area contributed by atoms with Gasteiger partial charge in [0.15, 0.2) is 0 Å². The van der Waals surface area contributed by atoms with E-state index >= 15 is 0 Å². The fourth-order valence-electron chi connectivity index (χ4n) is 4.00. The summed E-state index contributed by atoms with van der Waals surface area (Å²) < 4.78 is 5.25. The molecule has 4 amide bonds. The van der Waals surface area contributed by atoms with E-state index in [9.17, 15) is 14.4 Å². The molecule has 1 aliphatic heterocycles. The van der Waals surface area contributed by atoms with Gasteiger partial charge in [0, 0.05) is 11.1 Å². The first-order valence-electron chi connectivity index (χ1n) is 9.22. The van der Waals surface area contributed by atoms with E-state index in [1.54, 1.807) is 19.1 Å². The van der Waals surface area contributed by atoms with Crippen molar-refractivity contribution < 1.29 is 19.1 Å². The Balaban J connectivity index is 1.54. The van der Waals surface area contributed by atoms with Crippen LogP contribution in [0.15, 0.2) is 36.4 Å². The minimum atomic E-state index is -1.08. The molecule has 1 atom stereocenters. The number of hydrogen-bond donors (Lipinski definition) is 2. The van der Waals surface area contributed by atoms with Gasteiger partial charge in [-0.3, -0.25) is 14.5 Å². The van der Waals surface area contributed by atoms with E-state index in [1.807, 2.05) is 24.3 Å². The highest BCUT2D eigenvalue weighted by Crippen LogP contribution is 2.41. The van der Waals surface area contributed by atoms with Crippen molar-refractivity contribution in [2.24, 2.45) is 0 Å². The molecule has 2 aromatic carbocycles. The van der Waals surface area contributed by atoms with Gasteiger partial charge in [-0.2, -0.15) is 0 Å². The number of amides is 4. The topological polar surface area (TPSA) is 87.7 Å². The molecule has 2 aliphatic rings. The van der Waals surface area contributed by atoms with Gasteiger partial charge in [-0.05, 0) is 42.5 Å². The van der Waals surface area contributed by atoms with E-state index in [2.05, 4.69) is 10.6 Å². The zero-order valence-electron chi connectivity index (χ0n) is 16.0. The minimum absolute atomic E-state index is 0.389. The molecule has 8 heteroatoms. The normalized spacial score (nSPS) is 20.0. The van der Waals surface area contributed by atoms with E-state index in [1.165, 1.54) is 7.11 Å². The van der Waals surface area contributed by atoms with Crippen molar-refractivity contribution >= 4 is 35.1 Å². The summed E-state index contributed by atoms with van der Waals surface area (Å²) in [5.74, 6) is -0.508. The monoisotopic (exact) mass is 413 g/mol. The molecule has 0 aromatic heterocycles. The lowest BCUT2D eigenvalue weighted by atomic mass is 9.92. The molecule has 2 aromatic rings. The second kappa shape index (κ2) is 7.08. The van der Waals surface area contributed by atoms with E-state index in [0.29, 0.717) is 29.3 Å². The lowest BCUT2D eigenvalue weighted by Gasteiger charge is -2.22. The number of hydrogen-bond acceptors (Lipinski definition) is 4. The fourth-order valence-corrected chi connectivity index (χ4v) is 4.15. The number of imide groups is 1. The van der Waals surface area contributed by atoms with Gasteiger partial charge in [0.25, 0.3) is 5.91 Å². The molecule has 1 aliphatic carbocycles. The van der Waals surface area contributed by atoms with E-state index in [0.717, 1.165) is 21.6 Å². The fraction of sp³-hybridized carbons (Fsp3) is 0.286. The minimum Gasteiger partial charge on any atom is -0.495 e. The van der Waals surface area contributed by atoms with Crippen LogP contribution in [-0.4, -0.2) is 36.4 Å². The van der Waals surface area contributed by atoms with E-state index < -0.39 is 23.4 Å². The van der Waals surface area contributed by atoms with E-state index in [4.69, 9.17) is 16.3 Å². The average molecular weight is 414 g/mol. The summed E-state index contributed by atoms with van der Waals surface area (Å²) >= 11 is 6.09. The summed E-state index contributed by atoms with van der Waals surface area (Å²) in [4.78, 5) is 39.2. The van der Waals surface area contributed by atoms with Crippen molar-refractivity contribution in [2.45, 2.75) is 25.3 Å². The predicted molar refractivity (Wildman–Crippen MR) is 108 cm³/mol. The maximum Gasteiger partial charge on any atom is 0.325 e. The average Bonchev–Trinajstić information content (AvgIpc) is 3.18. The number of benzene rings is 2. The van der Waals surface area contributed by atoms with Crippen LogP contribution in [-0.2, 0) is 21.5 Å². The third-order valence-corrected chi connectivity index (χ3v) is 5.89. The van der Waals surface area contributed by atoms with Crippen molar-refractivity contribution in [2.75, 3.05) is 19.0 Å². The number of rotatable bonds is 4. The molecule has 1 fully saturated rings. The number of anilines is 1. The Morgan fingerprint density at radius 3 is 2.83 bits per heavy atom. The third-order valence-electron chi connectivity index (χ3n) is 5.48. The van der Waals surface area contributed by atoms with Crippen LogP contribution in [0.5, 0.6) is 5.75 Å². The van der Waals surface area contributed by atoms with Crippen LogP contribution < -0.4 is 15.4 Å². The molecule has 0 bridgehead atoms. The number of ether oxygens (including phenoxy) is 1. The quantitative estimate of drug-likeness (QED) is 0.754. The van der Waals surface area contributed by atoms with Crippen LogP contribution in [0.3, 0.4) is 0 Å². The Morgan fingerprint density at radius 2 is 2.07 bits per heavy atom. The predicted octanol–water partition coefficient (Wildman–Crippen LogP) is 2.99. The highest BCUT2D eigenvalue weighted by Gasteiger charge is 2.55. The standard InChI is InChI=1S/C21H20ClN3O4/c1-12-9-16(17(29-2)10-15(12)22)23-18(26)11-25-19(27)21(24-20(25)28)8-7-13-5-3-4-6-14(13)21/h3-6,9-10H,7-8,11H2,1-2H3,(H,23,26)(H,24,28). The summed E-state index contributed by atoms with van der Waals surface area (Å²) in [7, 11) is 1.47. The van der Waals surface area contributed by atoms with Crippen LogP contribution in [0.1, 0.15) is 23.1 Å². The maximum atomic E-state index is 13.1. The molecule has 7 nitrogen and oxygen atoms in total. The lowest BCUT2D eigenvalue weighted by molar-refractivity contribution is -0.134. The molecule has 0 radical (unpaired) electrons. The molecule has 1 heterocycles. The molecule has 0 saturated carbocycles. The third kappa shape index (κ3) is 3.11. The number of nitrogens with zero attached hydrogens (tertiary/aromatic N) is 1. The Labute approximate surface area is 173 Å². The molecule has 150 valence electrons. The Bertz CT molecular complexity index is 1040. The van der Waals surface area contributed by atoms with Crippen molar-refractivity contribution in [3.63, 3.8) is 0 Å². The number of urea groups is 1. The van der Waals surface area contributed by atoms with Crippen LogP contribution >= 0.6 is 11.6 Å². The molecule has 1 spiro atoms. The zero-order chi connectivity index (χ0) is 20.8. The van der Waals surface area contributed by atoms with Crippen molar-refractivity contribution in [3.05, 3.63) is 58.1 Å². The first-order chi connectivity index (χ1) is 13.9. The van der Waals surface area contributed by atoms with Crippen molar-refractivity contribution in [1.82, 2.24) is 10.2 Å². The zero-order valence-corrected chi connectivity index (χ0v) is 16.8. The summed E-state index contributed by atoms with van der Waals surface area (Å²) in [5.41, 5.74) is 1.94. The SMILES string of the molecule is COc1cc(Cl)c(C)cc1NC(=O)CN1C(=O)NC2(CCc3ccccc32)C1=O. The van der Waals surface area contributed by atoms with Crippen LogP contribution in [0.4, 0.5) is 10.5 Å². The van der Waals surface area contributed by atoms with Gasteiger partial charge in [-0.1, -0.05) is 35.9 Å². The van der Waals surface area contributed by atoms with Gasteiger partial charge in [-0.15, -0.1) is 0 Å². The second-order valence-electron chi connectivity index (χ2n) is 7.23.